The number of benzene rings is 3. The summed E-state index contributed by atoms with van der Waals surface area (Å²) in [5.74, 6) is -0.0840. The third-order valence-electron chi connectivity index (χ3n) is 7.53. The second-order valence-corrected chi connectivity index (χ2v) is 10.7. The lowest BCUT2D eigenvalue weighted by molar-refractivity contribution is -0.185. The van der Waals surface area contributed by atoms with Crippen molar-refractivity contribution in [2.45, 2.75) is 25.0 Å². The minimum atomic E-state index is -2.18. The maximum absolute atomic E-state index is 13.6. The van der Waals surface area contributed by atoms with Crippen molar-refractivity contribution in [2.24, 2.45) is 5.92 Å². The van der Waals surface area contributed by atoms with Gasteiger partial charge in [-0.3, -0.25) is 0 Å². The summed E-state index contributed by atoms with van der Waals surface area (Å²) in [4.78, 5) is 13.6. The largest absolute Gasteiger partial charge is 0.497 e. The van der Waals surface area contributed by atoms with Crippen LogP contribution in [0.5, 0.6) is 28.7 Å². The van der Waals surface area contributed by atoms with Crippen LogP contribution in [0.2, 0.25) is 0 Å². The molecule has 0 radical (unpaired) electrons. The summed E-state index contributed by atoms with van der Waals surface area (Å²) in [7, 11) is 6.12. The molecule has 1 aliphatic heterocycles. The van der Waals surface area contributed by atoms with E-state index in [1.165, 1.54) is 14.2 Å². The van der Waals surface area contributed by atoms with E-state index in [1.54, 1.807) is 50.6 Å². The van der Waals surface area contributed by atoms with E-state index < -0.39 is 11.8 Å². The molecular formula is C31H30N2O8S. The fraction of sp³-hybridized carbons (Fsp3) is 0.323. The van der Waals surface area contributed by atoms with E-state index in [0.29, 0.717) is 69.0 Å². The molecule has 0 spiro atoms. The van der Waals surface area contributed by atoms with Crippen molar-refractivity contribution < 1.29 is 38.3 Å². The number of aromatic nitrogens is 2. The van der Waals surface area contributed by atoms with Crippen LogP contribution >= 0.6 is 11.7 Å². The molecular weight excluding hydrogens is 560 g/mol. The van der Waals surface area contributed by atoms with E-state index >= 15 is 0 Å². The van der Waals surface area contributed by atoms with Crippen LogP contribution in [0.3, 0.4) is 0 Å². The minimum absolute atomic E-state index is 0.0981. The molecule has 11 heteroatoms. The zero-order valence-electron chi connectivity index (χ0n) is 23.6. The number of carbonyl (C=O) groups is 1. The molecule has 1 atom stereocenters. The van der Waals surface area contributed by atoms with Gasteiger partial charge in [0, 0.05) is 12.0 Å². The fourth-order valence-corrected chi connectivity index (χ4v) is 5.66. The van der Waals surface area contributed by atoms with Gasteiger partial charge in [-0.1, -0.05) is 6.07 Å². The van der Waals surface area contributed by atoms with Crippen molar-refractivity contribution in [3.05, 3.63) is 70.8 Å². The molecule has 0 saturated heterocycles. The number of cyclic esters (lactones) is 1. The van der Waals surface area contributed by atoms with Crippen molar-refractivity contribution in [1.29, 1.82) is 0 Å². The predicted molar refractivity (Wildman–Crippen MR) is 155 cm³/mol. The van der Waals surface area contributed by atoms with Crippen molar-refractivity contribution >= 4 is 34.3 Å². The Hall–Kier alpha value is -4.35. The lowest BCUT2D eigenvalue weighted by Gasteiger charge is -2.28. The van der Waals surface area contributed by atoms with Crippen molar-refractivity contribution in [2.75, 3.05) is 35.0 Å². The van der Waals surface area contributed by atoms with Gasteiger partial charge in [0.2, 0.25) is 5.75 Å². The van der Waals surface area contributed by atoms with Crippen LogP contribution in [0.1, 0.15) is 29.5 Å². The van der Waals surface area contributed by atoms with Gasteiger partial charge in [0.25, 0.3) is 5.79 Å². The van der Waals surface area contributed by atoms with Gasteiger partial charge in [0.15, 0.2) is 11.5 Å². The third-order valence-corrected chi connectivity index (χ3v) is 8.09. The predicted octanol–water partition coefficient (Wildman–Crippen LogP) is 4.91. The SMILES string of the molecule is COc1ccc(OC)c(C2(O)OC(=O)C(c3ccc4nsnc4c3)=C2Cc2cc(OC)c(OCC3CC3)c(OC)c2)c1. The number of esters is 1. The summed E-state index contributed by atoms with van der Waals surface area (Å²) in [5, 5.41) is 12.3. The number of rotatable bonds is 11. The average molecular weight is 591 g/mol. The first-order chi connectivity index (χ1) is 20.4. The van der Waals surface area contributed by atoms with E-state index in [-0.39, 0.29) is 17.6 Å². The molecule has 2 heterocycles. The Labute approximate surface area is 246 Å². The van der Waals surface area contributed by atoms with Gasteiger partial charge in [0.1, 0.15) is 22.5 Å². The molecule has 10 nitrogen and oxygen atoms in total. The van der Waals surface area contributed by atoms with Gasteiger partial charge >= 0.3 is 5.97 Å². The number of hydrogen-bond donors (Lipinski definition) is 1. The number of methoxy groups -OCH3 is 4. The molecule has 1 fully saturated rings. The topological polar surface area (TPSA) is 118 Å². The quantitative estimate of drug-likeness (QED) is 0.241. The Bertz CT molecular complexity index is 1670. The zero-order chi connectivity index (χ0) is 29.4. The molecule has 2 aliphatic rings. The third kappa shape index (κ3) is 4.99. The highest BCUT2D eigenvalue weighted by atomic mass is 32.1. The molecule has 218 valence electrons. The summed E-state index contributed by atoms with van der Waals surface area (Å²) in [6.07, 6.45) is 2.38. The first kappa shape index (κ1) is 27.8. The van der Waals surface area contributed by atoms with E-state index in [0.717, 1.165) is 24.6 Å². The van der Waals surface area contributed by atoms with Gasteiger partial charge in [-0.05, 0) is 72.4 Å². The Morgan fingerprint density at radius 1 is 0.905 bits per heavy atom. The second kappa shape index (κ2) is 11.1. The van der Waals surface area contributed by atoms with E-state index in [9.17, 15) is 9.90 Å². The molecule has 1 aromatic heterocycles. The number of hydrogen-bond acceptors (Lipinski definition) is 11. The number of ether oxygens (including phenoxy) is 6. The summed E-state index contributed by atoms with van der Waals surface area (Å²) >= 11 is 1.08. The average Bonchev–Trinajstić information content (AvgIpc) is 3.66. The molecule has 42 heavy (non-hydrogen) atoms. The Balaban J connectivity index is 1.52. The Morgan fingerprint density at radius 2 is 1.62 bits per heavy atom. The molecule has 4 aromatic rings. The highest BCUT2D eigenvalue weighted by molar-refractivity contribution is 7.00. The summed E-state index contributed by atoms with van der Waals surface area (Å²) < 4.78 is 42.9. The molecule has 1 unspecified atom stereocenters. The molecule has 1 aliphatic carbocycles. The lowest BCUT2D eigenvalue weighted by atomic mass is 9.87. The summed E-state index contributed by atoms with van der Waals surface area (Å²) in [6, 6.07) is 13.9. The first-order valence-electron chi connectivity index (χ1n) is 13.4. The summed E-state index contributed by atoms with van der Waals surface area (Å²) in [6.45, 7) is 0.576. The molecule has 0 bridgehead atoms. The smallest absolute Gasteiger partial charge is 0.342 e. The zero-order valence-corrected chi connectivity index (χ0v) is 24.4. The Kier molecular flexibility index (Phi) is 7.38. The number of nitrogens with zero attached hydrogens (tertiary/aromatic N) is 2. The monoisotopic (exact) mass is 590 g/mol. The van der Waals surface area contributed by atoms with Crippen LogP contribution in [0.4, 0.5) is 0 Å². The Morgan fingerprint density at radius 3 is 2.29 bits per heavy atom. The van der Waals surface area contributed by atoms with Gasteiger partial charge in [0.05, 0.1) is 57.9 Å². The van der Waals surface area contributed by atoms with Gasteiger partial charge in [-0.25, -0.2) is 4.79 Å². The van der Waals surface area contributed by atoms with Crippen LogP contribution in [0, 0.1) is 5.92 Å². The highest BCUT2D eigenvalue weighted by Gasteiger charge is 2.50. The minimum Gasteiger partial charge on any atom is -0.497 e. The van der Waals surface area contributed by atoms with Crippen LogP contribution in [-0.2, 0) is 21.7 Å². The van der Waals surface area contributed by atoms with Gasteiger partial charge in [-0.15, -0.1) is 0 Å². The highest BCUT2D eigenvalue weighted by Crippen LogP contribution is 2.49. The van der Waals surface area contributed by atoms with E-state index in [4.69, 9.17) is 28.4 Å². The van der Waals surface area contributed by atoms with Gasteiger partial charge < -0.3 is 33.5 Å². The summed E-state index contributed by atoms with van der Waals surface area (Å²) in [5.41, 5.74) is 3.32. The van der Waals surface area contributed by atoms with Crippen molar-refractivity contribution in [1.82, 2.24) is 8.75 Å². The van der Waals surface area contributed by atoms with Crippen molar-refractivity contribution in [3.63, 3.8) is 0 Å². The number of fused-ring (bicyclic) bond motifs is 1. The lowest BCUT2D eigenvalue weighted by Crippen LogP contribution is -2.30. The molecule has 1 saturated carbocycles. The normalized spacial score (nSPS) is 18.3. The van der Waals surface area contributed by atoms with Crippen molar-refractivity contribution in [3.8, 4) is 28.7 Å². The number of aliphatic hydroxyl groups is 1. The van der Waals surface area contributed by atoms with Gasteiger partial charge in [-0.2, -0.15) is 8.75 Å². The van der Waals surface area contributed by atoms with Crippen LogP contribution < -0.4 is 23.7 Å². The second-order valence-electron chi connectivity index (χ2n) is 10.2. The maximum Gasteiger partial charge on any atom is 0.342 e. The molecule has 0 amide bonds. The number of carbonyl (C=O) groups excluding carboxylic acids is 1. The van der Waals surface area contributed by atoms with Crippen LogP contribution in [0.15, 0.2) is 54.1 Å². The molecule has 3 aromatic carbocycles. The molecule has 6 rings (SSSR count). The van der Waals surface area contributed by atoms with E-state index in [2.05, 4.69) is 8.75 Å². The standard InChI is InChI=1S/C31H30N2O8S/c1-36-20-8-10-25(37-2)21(15-20)31(35)22(28(30(34)41-31)19-7-9-23-24(14-19)33-42-32-23)11-18-12-26(38-3)29(27(13-18)39-4)40-16-17-5-6-17/h7-10,12-15,17,35H,5-6,11,16H2,1-4H3. The molecule has 1 N–H and O–H groups in total. The van der Waals surface area contributed by atoms with Crippen LogP contribution in [0.25, 0.3) is 16.6 Å². The maximum atomic E-state index is 13.6. The fourth-order valence-electron chi connectivity index (χ4n) is 5.14. The van der Waals surface area contributed by atoms with E-state index in [1.807, 2.05) is 12.1 Å². The first-order valence-corrected chi connectivity index (χ1v) is 14.1. The van der Waals surface area contributed by atoms with Crippen LogP contribution in [-0.4, -0.2) is 54.9 Å².